The number of carboxylic acid groups (broad SMARTS) is 1. The summed E-state index contributed by atoms with van der Waals surface area (Å²) in [4.78, 5) is 23.6. The van der Waals surface area contributed by atoms with Crippen molar-refractivity contribution in [2.75, 3.05) is 0 Å². The van der Waals surface area contributed by atoms with Gasteiger partial charge in [-0.1, -0.05) is 51.1 Å². The summed E-state index contributed by atoms with van der Waals surface area (Å²) in [5, 5.41) is 19.6. The van der Waals surface area contributed by atoms with Crippen LogP contribution in [0.1, 0.15) is 33.3 Å². The fourth-order valence-electron chi connectivity index (χ4n) is 2.21. The van der Waals surface area contributed by atoms with Crippen molar-refractivity contribution in [1.82, 2.24) is 0 Å². The number of carboxylic acids is 1. The van der Waals surface area contributed by atoms with Crippen LogP contribution in [0.3, 0.4) is 0 Å². The number of ether oxygens (including phenoxy) is 1. The lowest BCUT2D eigenvalue weighted by Crippen LogP contribution is -2.55. The number of esters is 1. The molecule has 1 aromatic carbocycles. The molecule has 0 spiro atoms. The van der Waals surface area contributed by atoms with Gasteiger partial charge in [-0.05, 0) is 18.4 Å². The lowest BCUT2D eigenvalue weighted by atomic mass is 9.81. The van der Waals surface area contributed by atoms with Crippen LogP contribution in [0.2, 0.25) is 0 Å². The zero-order valence-electron chi connectivity index (χ0n) is 13.4. The van der Waals surface area contributed by atoms with Gasteiger partial charge in [0.25, 0.3) is 5.60 Å². The quantitative estimate of drug-likeness (QED) is 0.596. The van der Waals surface area contributed by atoms with Crippen LogP contribution < -0.4 is 0 Å². The van der Waals surface area contributed by atoms with Crippen molar-refractivity contribution >= 4 is 11.9 Å². The van der Waals surface area contributed by atoms with Gasteiger partial charge in [-0.3, -0.25) is 0 Å². The second kappa shape index (κ2) is 7.40. The Bertz CT molecular complexity index is 511. The van der Waals surface area contributed by atoms with Gasteiger partial charge < -0.3 is 14.9 Å². The topological polar surface area (TPSA) is 83.8 Å². The Morgan fingerprint density at radius 3 is 2.14 bits per heavy atom. The van der Waals surface area contributed by atoms with E-state index in [1.165, 1.54) is 6.92 Å². The van der Waals surface area contributed by atoms with Crippen molar-refractivity contribution in [1.29, 1.82) is 0 Å². The molecule has 1 aromatic rings. The molecule has 5 heteroatoms. The lowest BCUT2D eigenvalue weighted by molar-refractivity contribution is -0.191. The summed E-state index contributed by atoms with van der Waals surface area (Å²) in [7, 11) is 0. The molecule has 0 bridgehead atoms. The highest BCUT2D eigenvalue weighted by Crippen LogP contribution is 2.27. The van der Waals surface area contributed by atoms with Crippen molar-refractivity contribution in [3.05, 3.63) is 35.9 Å². The highest BCUT2D eigenvalue weighted by atomic mass is 16.6. The Morgan fingerprint density at radius 2 is 1.68 bits per heavy atom. The van der Waals surface area contributed by atoms with E-state index in [1.807, 2.05) is 30.3 Å². The SMILES string of the molecule is CC(Cc1ccccc1)OC(=O)[C@@](O)(C(=O)O)C(C)C(C)C. The van der Waals surface area contributed by atoms with E-state index in [1.54, 1.807) is 20.8 Å². The summed E-state index contributed by atoms with van der Waals surface area (Å²) in [6.45, 7) is 6.70. The molecule has 5 nitrogen and oxygen atoms in total. The smallest absolute Gasteiger partial charge is 0.350 e. The Kier molecular flexibility index (Phi) is 6.11. The van der Waals surface area contributed by atoms with Gasteiger partial charge in [0.1, 0.15) is 6.10 Å². The largest absolute Gasteiger partial charge is 0.479 e. The zero-order valence-corrected chi connectivity index (χ0v) is 13.4. The van der Waals surface area contributed by atoms with E-state index < -0.39 is 29.6 Å². The third-order valence-electron chi connectivity index (χ3n) is 3.97. The monoisotopic (exact) mass is 308 g/mol. The summed E-state index contributed by atoms with van der Waals surface area (Å²) in [6, 6.07) is 9.42. The average Bonchev–Trinajstić information content (AvgIpc) is 2.45. The van der Waals surface area contributed by atoms with E-state index >= 15 is 0 Å². The molecule has 0 fully saturated rings. The minimum Gasteiger partial charge on any atom is -0.479 e. The van der Waals surface area contributed by atoms with Crippen LogP contribution in [0, 0.1) is 11.8 Å². The molecule has 22 heavy (non-hydrogen) atoms. The van der Waals surface area contributed by atoms with E-state index in [0.29, 0.717) is 6.42 Å². The fourth-order valence-corrected chi connectivity index (χ4v) is 2.21. The number of carbonyl (C=O) groups is 2. The van der Waals surface area contributed by atoms with E-state index in [-0.39, 0.29) is 5.92 Å². The maximum Gasteiger partial charge on any atom is 0.350 e. The summed E-state index contributed by atoms with van der Waals surface area (Å²) in [5.74, 6) is -3.63. The minimum absolute atomic E-state index is 0.182. The number of aliphatic carboxylic acids is 1. The van der Waals surface area contributed by atoms with Gasteiger partial charge in [0.2, 0.25) is 0 Å². The molecule has 122 valence electrons. The first-order valence-electron chi connectivity index (χ1n) is 7.40. The van der Waals surface area contributed by atoms with Gasteiger partial charge in [0.05, 0.1) is 0 Å². The van der Waals surface area contributed by atoms with E-state index in [4.69, 9.17) is 4.74 Å². The number of hydrogen-bond acceptors (Lipinski definition) is 4. The molecule has 0 radical (unpaired) electrons. The molecule has 2 unspecified atom stereocenters. The molecule has 3 atom stereocenters. The molecule has 0 saturated heterocycles. The second-order valence-corrected chi connectivity index (χ2v) is 6.01. The van der Waals surface area contributed by atoms with Gasteiger partial charge in [-0.25, -0.2) is 9.59 Å². The minimum atomic E-state index is -2.53. The second-order valence-electron chi connectivity index (χ2n) is 6.01. The number of aliphatic hydroxyl groups is 1. The highest BCUT2D eigenvalue weighted by Gasteiger charge is 2.52. The summed E-state index contributed by atoms with van der Waals surface area (Å²) < 4.78 is 5.18. The van der Waals surface area contributed by atoms with E-state index in [0.717, 1.165) is 5.56 Å². The third kappa shape index (κ3) is 4.07. The fraction of sp³-hybridized carbons (Fsp3) is 0.529. The molecular formula is C17H24O5. The van der Waals surface area contributed by atoms with Crippen LogP contribution in [0.5, 0.6) is 0 Å². The van der Waals surface area contributed by atoms with Crippen LogP contribution in [0.15, 0.2) is 30.3 Å². The van der Waals surface area contributed by atoms with Crippen LogP contribution in [-0.2, 0) is 20.7 Å². The van der Waals surface area contributed by atoms with Crippen molar-refractivity contribution in [3.8, 4) is 0 Å². The molecule has 0 aromatic heterocycles. The maximum atomic E-state index is 12.2. The molecule has 2 N–H and O–H groups in total. The number of rotatable bonds is 7. The molecule has 0 amide bonds. The highest BCUT2D eigenvalue weighted by molar-refractivity contribution is 6.02. The summed E-state index contributed by atoms with van der Waals surface area (Å²) >= 11 is 0. The van der Waals surface area contributed by atoms with Crippen molar-refractivity contribution < 1.29 is 24.5 Å². The summed E-state index contributed by atoms with van der Waals surface area (Å²) in [5.41, 5.74) is -1.56. The lowest BCUT2D eigenvalue weighted by Gasteiger charge is -2.31. The van der Waals surface area contributed by atoms with Crippen LogP contribution in [-0.4, -0.2) is 33.9 Å². The normalized spacial score (nSPS) is 16.6. The zero-order chi connectivity index (χ0) is 16.9. The molecule has 0 aliphatic carbocycles. The van der Waals surface area contributed by atoms with Crippen molar-refractivity contribution in [3.63, 3.8) is 0 Å². The predicted octanol–water partition coefficient (Wildman–Crippen LogP) is 2.27. The number of carbonyl (C=O) groups excluding carboxylic acids is 1. The maximum absolute atomic E-state index is 12.2. The predicted molar refractivity (Wildman–Crippen MR) is 82.3 cm³/mol. The van der Waals surface area contributed by atoms with E-state index in [2.05, 4.69) is 0 Å². The number of benzene rings is 1. The van der Waals surface area contributed by atoms with Gasteiger partial charge in [0.15, 0.2) is 0 Å². The van der Waals surface area contributed by atoms with Crippen LogP contribution >= 0.6 is 0 Å². The first kappa shape index (κ1) is 18.2. The molecule has 0 aliphatic heterocycles. The molecular weight excluding hydrogens is 284 g/mol. The first-order chi connectivity index (χ1) is 10.2. The molecule has 1 rings (SSSR count). The van der Waals surface area contributed by atoms with Crippen molar-refractivity contribution in [2.45, 2.75) is 45.8 Å². The van der Waals surface area contributed by atoms with Crippen LogP contribution in [0.25, 0.3) is 0 Å². The third-order valence-corrected chi connectivity index (χ3v) is 3.97. The van der Waals surface area contributed by atoms with Gasteiger partial charge >= 0.3 is 11.9 Å². The van der Waals surface area contributed by atoms with Gasteiger partial charge in [-0.2, -0.15) is 0 Å². The number of hydrogen-bond donors (Lipinski definition) is 2. The van der Waals surface area contributed by atoms with Gasteiger partial charge in [-0.15, -0.1) is 0 Å². The average molecular weight is 308 g/mol. The molecule has 0 heterocycles. The van der Waals surface area contributed by atoms with E-state index in [9.17, 15) is 19.8 Å². The van der Waals surface area contributed by atoms with Crippen molar-refractivity contribution in [2.24, 2.45) is 11.8 Å². The first-order valence-corrected chi connectivity index (χ1v) is 7.40. The molecule has 0 saturated carbocycles. The standard InChI is InChI=1S/C17H24O5/c1-11(2)13(4)17(21,15(18)19)16(20)22-12(3)10-14-8-6-5-7-9-14/h5-9,11-13,21H,10H2,1-4H3,(H,18,19)/t12?,13?,17-/m0/s1. The van der Waals surface area contributed by atoms with Crippen LogP contribution in [0.4, 0.5) is 0 Å². The Balaban J connectivity index is 2.81. The Morgan fingerprint density at radius 1 is 1.14 bits per heavy atom. The summed E-state index contributed by atoms with van der Waals surface area (Å²) in [6.07, 6.45) is -0.0710. The Hall–Kier alpha value is -1.88. The molecule has 0 aliphatic rings. The Labute approximate surface area is 130 Å². The van der Waals surface area contributed by atoms with Gasteiger partial charge in [0, 0.05) is 12.3 Å².